The Labute approximate surface area is 131 Å². The summed E-state index contributed by atoms with van der Waals surface area (Å²) in [6.07, 6.45) is 3.54. The van der Waals surface area contributed by atoms with E-state index in [1.54, 1.807) is 0 Å². The Morgan fingerprint density at radius 3 is 2.90 bits per heavy atom. The highest BCUT2D eigenvalue weighted by Crippen LogP contribution is 2.31. The molecule has 1 heterocycles. The molecule has 1 aliphatic rings. The molecule has 0 atom stereocenters. The van der Waals surface area contributed by atoms with E-state index < -0.39 is 0 Å². The molecule has 1 aliphatic carbocycles. The predicted octanol–water partition coefficient (Wildman–Crippen LogP) is 4.34. The zero-order valence-electron chi connectivity index (χ0n) is 11.7. The van der Waals surface area contributed by atoms with Crippen LogP contribution in [0.15, 0.2) is 34.9 Å². The summed E-state index contributed by atoms with van der Waals surface area (Å²) in [4.78, 5) is 4.08. The number of aromatic nitrogens is 1. The smallest absolute Gasteiger partial charge is 0.223 e. The third-order valence-electron chi connectivity index (χ3n) is 3.34. The number of rotatable bonds is 5. The van der Waals surface area contributed by atoms with Crippen molar-refractivity contribution in [2.24, 2.45) is 0 Å². The van der Waals surface area contributed by atoms with Gasteiger partial charge in [0.1, 0.15) is 11.6 Å². The van der Waals surface area contributed by atoms with Crippen LogP contribution in [0.5, 0.6) is 11.6 Å². The van der Waals surface area contributed by atoms with Gasteiger partial charge in [-0.25, -0.2) is 9.37 Å². The second-order valence-corrected chi connectivity index (χ2v) is 6.16. The molecule has 0 bridgehead atoms. The Bertz CT molecular complexity index is 659. The molecule has 0 radical (unpaired) electrons. The molecule has 1 saturated carbocycles. The molecule has 1 fully saturated rings. The highest BCUT2D eigenvalue weighted by atomic mass is 79.9. The molecule has 5 heteroatoms. The van der Waals surface area contributed by atoms with Crippen molar-refractivity contribution >= 4 is 15.9 Å². The Morgan fingerprint density at radius 2 is 2.19 bits per heavy atom. The molecule has 0 aliphatic heterocycles. The number of hydrogen-bond donors (Lipinski definition) is 1. The molecule has 2 aromatic rings. The van der Waals surface area contributed by atoms with Gasteiger partial charge in [0, 0.05) is 18.2 Å². The van der Waals surface area contributed by atoms with Crippen LogP contribution in [-0.2, 0) is 6.54 Å². The van der Waals surface area contributed by atoms with Crippen LogP contribution in [0.1, 0.15) is 24.0 Å². The van der Waals surface area contributed by atoms with Crippen LogP contribution >= 0.6 is 15.9 Å². The summed E-state index contributed by atoms with van der Waals surface area (Å²) < 4.78 is 20.1. The van der Waals surface area contributed by atoms with Gasteiger partial charge in [0.2, 0.25) is 5.88 Å². The number of aryl methyl sites for hydroxylation is 1. The summed E-state index contributed by atoms with van der Waals surface area (Å²) in [5.41, 5.74) is 1.87. The van der Waals surface area contributed by atoms with E-state index in [-0.39, 0.29) is 5.82 Å². The van der Waals surface area contributed by atoms with Crippen LogP contribution in [0, 0.1) is 12.7 Å². The van der Waals surface area contributed by atoms with Gasteiger partial charge in [0.25, 0.3) is 0 Å². The summed E-state index contributed by atoms with van der Waals surface area (Å²) in [6.45, 7) is 2.57. The average molecular weight is 351 g/mol. The fourth-order valence-electron chi connectivity index (χ4n) is 2.02. The molecule has 3 nitrogen and oxygen atoms in total. The van der Waals surface area contributed by atoms with Crippen molar-refractivity contribution < 1.29 is 9.13 Å². The molecule has 0 spiro atoms. The third kappa shape index (κ3) is 3.80. The highest BCUT2D eigenvalue weighted by molar-refractivity contribution is 9.10. The monoisotopic (exact) mass is 350 g/mol. The van der Waals surface area contributed by atoms with Gasteiger partial charge in [0.15, 0.2) is 0 Å². The van der Waals surface area contributed by atoms with Gasteiger partial charge in [0.05, 0.1) is 10.7 Å². The Balaban J connectivity index is 1.82. The lowest BCUT2D eigenvalue weighted by Gasteiger charge is -2.12. The minimum atomic E-state index is -0.349. The summed E-state index contributed by atoms with van der Waals surface area (Å²) >= 11 is 3.47. The molecule has 3 rings (SSSR count). The number of nitrogens with one attached hydrogen (secondary N) is 1. The van der Waals surface area contributed by atoms with Crippen molar-refractivity contribution in [2.75, 3.05) is 0 Å². The van der Waals surface area contributed by atoms with Gasteiger partial charge < -0.3 is 10.1 Å². The molecule has 110 valence electrons. The summed E-state index contributed by atoms with van der Waals surface area (Å²) in [5.74, 6) is 0.763. The minimum absolute atomic E-state index is 0.349. The van der Waals surface area contributed by atoms with E-state index >= 15 is 0 Å². The SMILES string of the molecule is Cc1ccc(Oc2ncc(F)cc2CNC2CC2)c(Br)c1. The van der Waals surface area contributed by atoms with Crippen molar-refractivity contribution in [1.82, 2.24) is 10.3 Å². The largest absolute Gasteiger partial charge is 0.438 e. The first-order chi connectivity index (χ1) is 10.1. The van der Waals surface area contributed by atoms with Crippen molar-refractivity contribution in [1.29, 1.82) is 0 Å². The van der Waals surface area contributed by atoms with E-state index in [4.69, 9.17) is 4.74 Å². The lowest BCUT2D eigenvalue weighted by molar-refractivity contribution is 0.445. The van der Waals surface area contributed by atoms with Crippen molar-refractivity contribution in [3.05, 3.63) is 51.9 Å². The number of pyridine rings is 1. The molecule has 1 aromatic carbocycles. The maximum Gasteiger partial charge on any atom is 0.223 e. The standard InChI is InChI=1S/C16H16BrFN2O/c1-10-2-5-15(14(17)6-10)21-16-11(7-12(18)9-20-16)8-19-13-3-4-13/h2,5-7,9,13,19H,3-4,8H2,1H3. The second kappa shape index (κ2) is 6.12. The highest BCUT2D eigenvalue weighted by Gasteiger charge is 2.21. The fraction of sp³-hybridized carbons (Fsp3) is 0.312. The number of halogens is 2. The van der Waals surface area contributed by atoms with Crippen molar-refractivity contribution in [3.63, 3.8) is 0 Å². The molecular formula is C16H16BrFN2O. The van der Waals surface area contributed by atoms with Gasteiger partial charge in [-0.15, -0.1) is 0 Å². The third-order valence-corrected chi connectivity index (χ3v) is 3.96. The van der Waals surface area contributed by atoms with Crippen molar-refractivity contribution in [3.8, 4) is 11.6 Å². The Hall–Kier alpha value is -1.46. The minimum Gasteiger partial charge on any atom is -0.438 e. The van der Waals surface area contributed by atoms with Crippen molar-refractivity contribution in [2.45, 2.75) is 32.4 Å². The van der Waals surface area contributed by atoms with E-state index in [0.29, 0.717) is 24.2 Å². The lowest BCUT2D eigenvalue weighted by Crippen LogP contribution is -2.16. The first-order valence-electron chi connectivity index (χ1n) is 6.93. The van der Waals surface area contributed by atoms with Crippen LogP contribution in [0.3, 0.4) is 0 Å². The van der Waals surface area contributed by atoms with Gasteiger partial charge in [-0.3, -0.25) is 0 Å². The van der Waals surface area contributed by atoms with E-state index in [0.717, 1.165) is 15.6 Å². The molecule has 0 amide bonds. The average Bonchev–Trinajstić information content (AvgIpc) is 3.26. The zero-order valence-corrected chi connectivity index (χ0v) is 13.3. The number of benzene rings is 1. The molecule has 1 aromatic heterocycles. The van der Waals surface area contributed by atoms with Gasteiger partial charge in [-0.2, -0.15) is 0 Å². The van der Waals surface area contributed by atoms with Gasteiger partial charge >= 0.3 is 0 Å². The first-order valence-corrected chi connectivity index (χ1v) is 7.73. The molecule has 0 saturated heterocycles. The molecule has 0 unspecified atom stereocenters. The predicted molar refractivity (Wildman–Crippen MR) is 83.0 cm³/mol. The van der Waals surface area contributed by atoms with Gasteiger partial charge in [-0.1, -0.05) is 6.07 Å². The summed E-state index contributed by atoms with van der Waals surface area (Å²) in [7, 11) is 0. The van der Waals surface area contributed by atoms with Gasteiger partial charge in [-0.05, 0) is 59.5 Å². The molecular weight excluding hydrogens is 335 g/mol. The number of ether oxygens (including phenoxy) is 1. The van der Waals surface area contributed by atoms with E-state index in [9.17, 15) is 4.39 Å². The quantitative estimate of drug-likeness (QED) is 0.870. The molecule has 1 N–H and O–H groups in total. The van der Waals surface area contributed by atoms with E-state index in [1.807, 2.05) is 25.1 Å². The van der Waals surface area contributed by atoms with E-state index in [2.05, 4.69) is 26.2 Å². The van der Waals surface area contributed by atoms with Crippen LogP contribution < -0.4 is 10.1 Å². The number of nitrogens with zero attached hydrogens (tertiary/aromatic N) is 1. The van der Waals surface area contributed by atoms with Crippen LogP contribution in [0.25, 0.3) is 0 Å². The number of hydrogen-bond acceptors (Lipinski definition) is 3. The van der Waals surface area contributed by atoms with Crippen LogP contribution in [0.2, 0.25) is 0 Å². The van der Waals surface area contributed by atoms with Crippen LogP contribution in [-0.4, -0.2) is 11.0 Å². The topological polar surface area (TPSA) is 34.1 Å². The summed E-state index contributed by atoms with van der Waals surface area (Å²) in [5, 5.41) is 3.35. The first kappa shape index (κ1) is 14.5. The Kier molecular flexibility index (Phi) is 4.22. The molecule has 21 heavy (non-hydrogen) atoms. The summed E-state index contributed by atoms with van der Waals surface area (Å²) in [6, 6.07) is 7.84. The lowest BCUT2D eigenvalue weighted by atomic mass is 10.2. The maximum atomic E-state index is 13.4. The Morgan fingerprint density at radius 1 is 1.38 bits per heavy atom. The van der Waals surface area contributed by atoms with Crippen LogP contribution in [0.4, 0.5) is 4.39 Å². The van der Waals surface area contributed by atoms with E-state index in [1.165, 1.54) is 25.1 Å². The zero-order chi connectivity index (χ0) is 14.8. The normalized spacial score (nSPS) is 14.2. The second-order valence-electron chi connectivity index (χ2n) is 5.31. The maximum absolute atomic E-state index is 13.4. The fourth-order valence-corrected chi connectivity index (χ4v) is 2.60.